The van der Waals surface area contributed by atoms with Gasteiger partial charge in [0.05, 0.1) is 30.8 Å². The Morgan fingerprint density at radius 3 is 2.44 bits per heavy atom. The van der Waals surface area contributed by atoms with E-state index in [1.807, 2.05) is 0 Å². The van der Waals surface area contributed by atoms with Gasteiger partial charge >= 0.3 is 5.97 Å². The number of methoxy groups -OCH3 is 1. The van der Waals surface area contributed by atoms with Gasteiger partial charge in [-0.1, -0.05) is 6.07 Å². The van der Waals surface area contributed by atoms with Gasteiger partial charge < -0.3 is 14.4 Å². The predicted molar refractivity (Wildman–Crippen MR) is 141 cm³/mol. The Kier molecular flexibility index (Phi) is 5.82. The average Bonchev–Trinajstić information content (AvgIpc) is 3.59. The molecule has 1 aliphatic carbocycles. The van der Waals surface area contributed by atoms with Crippen LogP contribution in [0, 0.1) is 5.82 Å². The molecule has 1 amide bonds. The minimum absolute atomic E-state index is 0.0878. The van der Waals surface area contributed by atoms with Gasteiger partial charge in [0.25, 0.3) is 11.5 Å². The number of ether oxygens (including phenoxy) is 2. The van der Waals surface area contributed by atoms with Gasteiger partial charge in [0.2, 0.25) is 0 Å². The van der Waals surface area contributed by atoms with Crippen LogP contribution in [0.4, 0.5) is 10.1 Å². The number of rotatable bonds is 6. The zero-order valence-electron chi connectivity index (χ0n) is 21.4. The summed E-state index contributed by atoms with van der Waals surface area (Å²) in [6, 6.07) is 16.0. The van der Waals surface area contributed by atoms with E-state index in [0.717, 1.165) is 0 Å². The third-order valence-corrected chi connectivity index (χ3v) is 7.29. The van der Waals surface area contributed by atoms with Crippen molar-refractivity contribution in [2.75, 3.05) is 25.2 Å². The van der Waals surface area contributed by atoms with Crippen LogP contribution in [0.1, 0.15) is 46.3 Å². The molecule has 2 aromatic heterocycles. The number of carbonyl (C=O) groups excluding carboxylic acids is 2. The lowest BCUT2D eigenvalue weighted by molar-refractivity contribution is 0.0516. The second-order valence-electron chi connectivity index (χ2n) is 9.62. The largest absolute Gasteiger partial charge is 0.497 e. The van der Waals surface area contributed by atoms with Gasteiger partial charge in [0.1, 0.15) is 17.3 Å². The van der Waals surface area contributed by atoms with E-state index in [1.54, 1.807) is 62.7 Å². The van der Waals surface area contributed by atoms with Crippen LogP contribution in [-0.2, 0) is 10.2 Å². The Balaban J connectivity index is 1.48. The van der Waals surface area contributed by atoms with Crippen molar-refractivity contribution in [1.82, 2.24) is 14.3 Å². The van der Waals surface area contributed by atoms with Crippen LogP contribution in [0.15, 0.2) is 71.7 Å². The number of hydrogen-bond acceptors (Lipinski definition) is 6. The van der Waals surface area contributed by atoms with E-state index in [9.17, 15) is 14.4 Å². The molecule has 4 aromatic rings. The molecule has 10 heteroatoms. The molecule has 198 valence electrons. The molecule has 0 unspecified atom stereocenters. The maximum absolute atomic E-state index is 15.6. The average molecular weight is 529 g/mol. The Labute approximate surface area is 223 Å². The highest BCUT2D eigenvalue weighted by Crippen LogP contribution is 2.54. The molecule has 9 nitrogen and oxygen atoms in total. The third-order valence-electron chi connectivity index (χ3n) is 7.29. The summed E-state index contributed by atoms with van der Waals surface area (Å²) in [5.74, 6) is -1.10. The summed E-state index contributed by atoms with van der Waals surface area (Å²) in [6.45, 7) is 2.07. The normalized spacial score (nSPS) is 15.3. The third kappa shape index (κ3) is 3.99. The Bertz CT molecular complexity index is 1670. The van der Waals surface area contributed by atoms with Gasteiger partial charge in [0.15, 0.2) is 5.69 Å². The Morgan fingerprint density at radius 2 is 1.79 bits per heavy atom. The molecule has 0 atom stereocenters. The summed E-state index contributed by atoms with van der Waals surface area (Å²) in [5, 5.41) is 4.56. The zero-order valence-corrected chi connectivity index (χ0v) is 21.4. The molecule has 1 fully saturated rings. The fraction of sp³-hybridized carbons (Fsp3) is 0.241. The van der Waals surface area contributed by atoms with Crippen LogP contribution in [0.2, 0.25) is 0 Å². The SMILES string of the molecule is CCOC(=O)c1nn(-c2ccc(OC)cc2)c2c1C1(CC1)CN(c1ccc(-n3ccccc3=O)cc1F)C2=O. The predicted octanol–water partition coefficient (Wildman–Crippen LogP) is 4.04. The van der Waals surface area contributed by atoms with E-state index in [2.05, 4.69) is 5.10 Å². The first-order valence-corrected chi connectivity index (χ1v) is 12.6. The van der Waals surface area contributed by atoms with E-state index >= 15 is 4.39 Å². The van der Waals surface area contributed by atoms with E-state index in [-0.39, 0.29) is 35.8 Å². The number of hydrogen-bond donors (Lipinski definition) is 0. The first-order chi connectivity index (χ1) is 18.9. The van der Waals surface area contributed by atoms with Gasteiger partial charge in [-0.15, -0.1) is 0 Å². The summed E-state index contributed by atoms with van der Waals surface area (Å²) >= 11 is 0. The second-order valence-corrected chi connectivity index (χ2v) is 9.62. The van der Waals surface area contributed by atoms with Gasteiger partial charge in [0, 0.05) is 35.9 Å². The van der Waals surface area contributed by atoms with Crippen molar-refractivity contribution in [2.45, 2.75) is 25.2 Å². The number of amides is 1. The number of fused-ring (bicyclic) bond motifs is 2. The second kappa shape index (κ2) is 9.23. The van der Waals surface area contributed by atoms with Crippen LogP contribution < -0.4 is 15.2 Å². The standard InChI is InChI=1S/C29H25FN4O5/c1-3-39-28(37)25-24-26(34(31-25)18-7-10-20(38-2)11-8-18)27(36)33(17-29(24)13-14-29)22-12-9-19(16-21(22)30)32-15-5-4-6-23(32)35/h4-12,15-16H,3,13-14,17H2,1-2H3. The number of nitrogens with zero attached hydrogens (tertiary/aromatic N) is 4. The van der Waals surface area contributed by atoms with Crippen molar-refractivity contribution in [3.8, 4) is 17.1 Å². The molecule has 1 saturated carbocycles. The smallest absolute Gasteiger partial charge is 0.359 e. The molecule has 0 saturated heterocycles. The summed E-state index contributed by atoms with van der Waals surface area (Å²) in [4.78, 5) is 40.7. The highest BCUT2D eigenvalue weighted by Gasteiger charge is 2.56. The summed E-state index contributed by atoms with van der Waals surface area (Å²) in [7, 11) is 1.55. The maximum Gasteiger partial charge on any atom is 0.359 e. The van der Waals surface area contributed by atoms with Crippen molar-refractivity contribution >= 4 is 17.6 Å². The maximum atomic E-state index is 15.6. The summed E-state index contributed by atoms with van der Waals surface area (Å²) in [5.41, 5.74) is 0.999. The quantitative estimate of drug-likeness (QED) is 0.351. The molecule has 1 spiro atoms. The molecule has 0 bridgehead atoms. The first-order valence-electron chi connectivity index (χ1n) is 12.6. The van der Waals surface area contributed by atoms with E-state index in [4.69, 9.17) is 9.47 Å². The Morgan fingerprint density at radius 1 is 1.05 bits per heavy atom. The van der Waals surface area contributed by atoms with E-state index in [0.29, 0.717) is 35.5 Å². The van der Waals surface area contributed by atoms with Crippen LogP contribution >= 0.6 is 0 Å². The number of anilines is 1. The van der Waals surface area contributed by atoms with Crippen molar-refractivity contribution in [3.05, 3.63) is 100.0 Å². The minimum atomic E-state index is -0.642. The monoisotopic (exact) mass is 528 g/mol. The molecule has 3 heterocycles. The highest BCUT2D eigenvalue weighted by atomic mass is 19.1. The lowest BCUT2D eigenvalue weighted by Gasteiger charge is -2.33. The Hall–Kier alpha value is -4.73. The van der Waals surface area contributed by atoms with Gasteiger partial charge in [-0.2, -0.15) is 5.10 Å². The first kappa shape index (κ1) is 24.6. The number of benzene rings is 2. The van der Waals surface area contributed by atoms with Gasteiger partial charge in [-0.05, 0) is 62.2 Å². The minimum Gasteiger partial charge on any atom is -0.497 e. The molecular weight excluding hydrogens is 503 g/mol. The molecule has 2 aromatic carbocycles. The van der Waals surface area contributed by atoms with Crippen molar-refractivity contribution in [2.24, 2.45) is 0 Å². The molecular formula is C29H25FN4O5. The fourth-order valence-corrected chi connectivity index (χ4v) is 5.21. The van der Waals surface area contributed by atoms with Crippen molar-refractivity contribution < 1.29 is 23.5 Å². The lowest BCUT2D eigenvalue weighted by atomic mass is 9.88. The number of esters is 1. The van der Waals surface area contributed by atoms with Gasteiger partial charge in [-0.25, -0.2) is 13.9 Å². The van der Waals surface area contributed by atoms with Gasteiger partial charge in [-0.3, -0.25) is 14.2 Å². The lowest BCUT2D eigenvalue weighted by Crippen LogP contribution is -2.45. The number of pyridine rings is 1. The van der Waals surface area contributed by atoms with Crippen LogP contribution in [0.5, 0.6) is 5.75 Å². The summed E-state index contributed by atoms with van der Waals surface area (Å²) < 4.78 is 28.9. The topological polar surface area (TPSA) is 95.7 Å². The molecule has 39 heavy (non-hydrogen) atoms. The zero-order chi connectivity index (χ0) is 27.3. The van der Waals surface area contributed by atoms with Crippen molar-refractivity contribution in [3.63, 3.8) is 0 Å². The number of halogens is 1. The molecule has 0 radical (unpaired) electrons. The molecule has 2 aliphatic rings. The number of aromatic nitrogens is 3. The fourth-order valence-electron chi connectivity index (χ4n) is 5.21. The number of carbonyl (C=O) groups is 2. The molecule has 6 rings (SSSR count). The molecule has 1 aliphatic heterocycles. The van der Waals surface area contributed by atoms with E-state index < -0.39 is 23.1 Å². The summed E-state index contributed by atoms with van der Waals surface area (Å²) in [6.07, 6.45) is 2.98. The highest BCUT2D eigenvalue weighted by molar-refractivity contribution is 6.10. The molecule has 0 N–H and O–H groups in total. The van der Waals surface area contributed by atoms with Crippen molar-refractivity contribution in [1.29, 1.82) is 0 Å². The van der Waals surface area contributed by atoms with E-state index in [1.165, 1.54) is 32.3 Å². The van der Waals surface area contributed by atoms with Crippen LogP contribution in [0.25, 0.3) is 11.4 Å². The van der Waals surface area contributed by atoms with Crippen LogP contribution in [-0.4, -0.2) is 46.5 Å². The van der Waals surface area contributed by atoms with Crippen LogP contribution in [0.3, 0.4) is 0 Å².